The van der Waals surface area contributed by atoms with Crippen LogP contribution in [0.1, 0.15) is 28.8 Å². The number of nitrogens with zero attached hydrogens (tertiary/aromatic N) is 1. The van der Waals surface area contributed by atoms with Crippen LogP contribution in [-0.2, 0) is 11.3 Å². The Kier molecular flexibility index (Phi) is 5.67. The van der Waals surface area contributed by atoms with Gasteiger partial charge in [0.05, 0.1) is 12.8 Å². The smallest absolute Gasteiger partial charge is 0.262 e. The first-order valence-corrected chi connectivity index (χ1v) is 9.84. The fourth-order valence-corrected chi connectivity index (χ4v) is 3.80. The average molecular weight is 395 g/mol. The number of hydrogen-bond donors (Lipinski definition) is 2. The van der Waals surface area contributed by atoms with Gasteiger partial charge in [-0.2, -0.15) is 0 Å². The Balaban J connectivity index is 1.31. The molecule has 2 aliphatic heterocycles. The van der Waals surface area contributed by atoms with Gasteiger partial charge in [0.1, 0.15) is 11.5 Å². The summed E-state index contributed by atoms with van der Waals surface area (Å²) < 4.78 is 10.8. The van der Waals surface area contributed by atoms with Gasteiger partial charge >= 0.3 is 0 Å². The summed E-state index contributed by atoms with van der Waals surface area (Å²) >= 11 is 0. The molecule has 0 saturated carbocycles. The minimum atomic E-state index is -0.211. The molecular formula is C22H25N3O4. The zero-order valence-corrected chi connectivity index (χ0v) is 16.4. The topological polar surface area (TPSA) is 79.9 Å². The third-order valence-corrected chi connectivity index (χ3v) is 5.38. The fourth-order valence-electron chi connectivity index (χ4n) is 3.80. The molecule has 0 unspecified atom stereocenters. The quantitative estimate of drug-likeness (QED) is 0.813. The second kappa shape index (κ2) is 8.53. The maximum Gasteiger partial charge on any atom is 0.262 e. The molecule has 0 bridgehead atoms. The van der Waals surface area contributed by atoms with E-state index >= 15 is 0 Å². The van der Waals surface area contributed by atoms with Crippen LogP contribution in [0.2, 0.25) is 0 Å². The molecule has 1 fully saturated rings. The maximum atomic E-state index is 12.6. The van der Waals surface area contributed by atoms with E-state index in [4.69, 9.17) is 9.47 Å². The van der Waals surface area contributed by atoms with E-state index in [1.165, 1.54) is 5.56 Å². The summed E-state index contributed by atoms with van der Waals surface area (Å²) in [6.45, 7) is 2.68. The van der Waals surface area contributed by atoms with Gasteiger partial charge in [0.2, 0.25) is 0 Å². The number of likely N-dealkylation sites (tertiary alicyclic amines) is 1. The summed E-state index contributed by atoms with van der Waals surface area (Å²) in [6.07, 6.45) is 1.79. The molecule has 4 rings (SSSR count). The molecule has 7 heteroatoms. The van der Waals surface area contributed by atoms with E-state index in [0.717, 1.165) is 38.2 Å². The van der Waals surface area contributed by atoms with Gasteiger partial charge in [-0.1, -0.05) is 18.2 Å². The molecular weight excluding hydrogens is 370 g/mol. The van der Waals surface area contributed by atoms with Crippen molar-refractivity contribution in [2.45, 2.75) is 25.4 Å². The number of para-hydroxylation sites is 1. The Bertz CT molecular complexity index is 907. The highest BCUT2D eigenvalue weighted by Gasteiger charge is 2.23. The number of hydrogen-bond acceptors (Lipinski definition) is 5. The van der Waals surface area contributed by atoms with Crippen LogP contribution in [0.4, 0.5) is 5.69 Å². The van der Waals surface area contributed by atoms with Crippen molar-refractivity contribution >= 4 is 17.5 Å². The third kappa shape index (κ3) is 4.51. The van der Waals surface area contributed by atoms with Gasteiger partial charge in [-0.15, -0.1) is 0 Å². The summed E-state index contributed by atoms with van der Waals surface area (Å²) in [5.74, 6) is 1.16. The molecule has 1 saturated heterocycles. The zero-order chi connectivity index (χ0) is 20.2. The van der Waals surface area contributed by atoms with Crippen molar-refractivity contribution in [3.63, 3.8) is 0 Å². The molecule has 2 aromatic rings. The number of carbonyl (C=O) groups excluding carboxylic acids is 2. The van der Waals surface area contributed by atoms with Gasteiger partial charge in [-0.3, -0.25) is 14.5 Å². The number of piperidine rings is 1. The van der Waals surface area contributed by atoms with Gasteiger partial charge in [0.25, 0.3) is 11.8 Å². The summed E-state index contributed by atoms with van der Waals surface area (Å²) in [6, 6.07) is 13.3. The van der Waals surface area contributed by atoms with Gasteiger partial charge in [0.15, 0.2) is 6.61 Å². The Morgan fingerprint density at radius 3 is 2.83 bits per heavy atom. The van der Waals surface area contributed by atoms with Crippen LogP contribution in [0.3, 0.4) is 0 Å². The summed E-state index contributed by atoms with van der Waals surface area (Å²) in [4.78, 5) is 26.5. The second-order valence-electron chi connectivity index (χ2n) is 7.38. The van der Waals surface area contributed by atoms with Crippen molar-refractivity contribution in [2.75, 3.05) is 32.1 Å². The van der Waals surface area contributed by atoms with E-state index in [2.05, 4.69) is 21.6 Å². The van der Waals surface area contributed by atoms with Crippen molar-refractivity contribution in [1.82, 2.24) is 10.2 Å². The second-order valence-corrected chi connectivity index (χ2v) is 7.38. The van der Waals surface area contributed by atoms with Crippen LogP contribution in [-0.4, -0.2) is 49.6 Å². The number of rotatable bonds is 5. The highest BCUT2D eigenvalue weighted by Crippen LogP contribution is 2.28. The summed E-state index contributed by atoms with van der Waals surface area (Å²) in [7, 11) is 1.69. The van der Waals surface area contributed by atoms with Gasteiger partial charge in [-0.25, -0.2) is 0 Å². The van der Waals surface area contributed by atoms with Crippen LogP contribution >= 0.6 is 0 Å². The normalized spacial score (nSPS) is 17.1. The molecule has 0 atom stereocenters. The van der Waals surface area contributed by atoms with Crippen LogP contribution in [0.25, 0.3) is 0 Å². The predicted octanol–water partition coefficient (Wildman–Crippen LogP) is 2.42. The van der Waals surface area contributed by atoms with Crippen LogP contribution in [0.5, 0.6) is 11.5 Å². The first-order valence-electron chi connectivity index (χ1n) is 9.84. The first kappa shape index (κ1) is 19.3. The summed E-state index contributed by atoms with van der Waals surface area (Å²) in [5.41, 5.74) is 2.24. The third-order valence-electron chi connectivity index (χ3n) is 5.38. The molecule has 0 aromatic heterocycles. The number of methoxy groups -OCH3 is 1. The molecule has 2 N–H and O–H groups in total. The number of ether oxygens (including phenoxy) is 2. The van der Waals surface area contributed by atoms with Crippen molar-refractivity contribution in [3.8, 4) is 11.5 Å². The number of fused-ring (bicyclic) bond motifs is 1. The molecule has 2 aromatic carbocycles. The standard InChI is InChI=1S/C22H25N3O4/c1-28-19-5-3-2-4-16(19)13-25-10-8-17(9-11-25)23-22(27)15-6-7-20-18(12-15)24-21(26)14-29-20/h2-7,12,17H,8-11,13-14H2,1H3,(H,23,27)(H,24,26). The van der Waals surface area contributed by atoms with Crippen molar-refractivity contribution in [2.24, 2.45) is 0 Å². The highest BCUT2D eigenvalue weighted by molar-refractivity contribution is 5.99. The lowest BCUT2D eigenvalue weighted by Gasteiger charge is -2.32. The molecule has 0 radical (unpaired) electrons. The monoisotopic (exact) mass is 395 g/mol. The van der Waals surface area contributed by atoms with Crippen LogP contribution in [0, 0.1) is 0 Å². The number of amides is 2. The Hall–Kier alpha value is -3.06. The minimum absolute atomic E-state index is 0.00593. The van der Waals surface area contributed by atoms with Gasteiger partial charge in [-0.05, 0) is 37.1 Å². The van der Waals surface area contributed by atoms with E-state index in [1.807, 2.05) is 18.2 Å². The van der Waals surface area contributed by atoms with Crippen molar-refractivity contribution in [1.29, 1.82) is 0 Å². The van der Waals surface area contributed by atoms with E-state index in [-0.39, 0.29) is 24.5 Å². The summed E-state index contributed by atoms with van der Waals surface area (Å²) in [5, 5.41) is 5.85. The maximum absolute atomic E-state index is 12.6. The van der Waals surface area contributed by atoms with Crippen molar-refractivity contribution < 1.29 is 19.1 Å². The Morgan fingerprint density at radius 1 is 1.24 bits per heavy atom. The fraction of sp³-hybridized carbons (Fsp3) is 0.364. The van der Waals surface area contributed by atoms with Crippen LogP contribution in [0.15, 0.2) is 42.5 Å². The van der Waals surface area contributed by atoms with Crippen molar-refractivity contribution in [3.05, 3.63) is 53.6 Å². The lowest BCUT2D eigenvalue weighted by molar-refractivity contribution is -0.118. The minimum Gasteiger partial charge on any atom is -0.496 e. The molecule has 0 spiro atoms. The number of anilines is 1. The molecule has 2 amide bonds. The van der Waals surface area contributed by atoms with E-state index in [9.17, 15) is 9.59 Å². The molecule has 7 nitrogen and oxygen atoms in total. The first-order chi connectivity index (χ1) is 14.1. The largest absolute Gasteiger partial charge is 0.496 e. The van der Waals surface area contributed by atoms with Crippen LogP contribution < -0.4 is 20.1 Å². The molecule has 2 heterocycles. The lowest BCUT2D eigenvalue weighted by Crippen LogP contribution is -2.44. The van der Waals surface area contributed by atoms with Gasteiger partial charge in [0, 0.05) is 36.8 Å². The number of nitrogens with one attached hydrogen (secondary N) is 2. The SMILES string of the molecule is COc1ccccc1CN1CCC(NC(=O)c2ccc3c(c2)NC(=O)CO3)CC1. The number of benzene rings is 2. The highest BCUT2D eigenvalue weighted by atomic mass is 16.5. The van der Waals surface area contributed by atoms with Gasteiger partial charge < -0.3 is 20.1 Å². The molecule has 2 aliphatic rings. The molecule has 152 valence electrons. The van der Waals surface area contributed by atoms with E-state index in [0.29, 0.717) is 17.0 Å². The molecule has 29 heavy (non-hydrogen) atoms. The average Bonchev–Trinajstić information content (AvgIpc) is 2.75. The zero-order valence-electron chi connectivity index (χ0n) is 16.4. The van der Waals surface area contributed by atoms with E-state index < -0.39 is 0 Å². The predicted molar refractivity (Wildman–Crippen MR) is 109 cm³/mol. The Labute approximate surface area is 170 Å². The Morgan fingerprint density at radius 2 is 2.03 bits per heavy atom. The lowest BCUT2D eigenvalue weighted by atomic mass is 10.0. The molecule has 0 aliphatic carbocycles. The number of carbonyl (C=O) groups is 2. The van der Waals surface area contributed by atoms with E-state index in [1.54, 1.807) is 25.3 Å².